The van der Waals surface area contributed by atoms with Crippen molar-refractivity contribution in [1.82, 2.24) is 15.1 Å². The number of nitrogens with one attached hydrogen (secondary N) is 3. The Morgan fingerprint density at radius 1 is 1.14 bits per heavy atom. The fraction of sp³-hybridized carbons (Fsp3) is 0.154. The summed E-state index contributed by atoms with van der Waals surface area (Å²) < 4.78 is 0. The van der Waals surface area contributed by atoms with Crippen molar-refractivity contribution >= 4 is 34.2 Å². The molecule has 0 saturated heterocycles. The summed E-state index contributed by atoms with van der Waals surface area (Å²) in [6, 6.07) is 21.5. The number of aliphatic hydroxyl groups is 1. The lowest BCUT2D eigenvalue weighted by Gasteiger charge is -2.12. The number of hydrogen-bond donors (Lipinski definition) is 5. The third kappa shape index (κ3) is 5.60. The van der Waals surface area contributed by atoms with E-state index >= 15 is 0 Å². The van der Waals surface area contributed by atoms with Crippen LogP contribution in [0.5, 0.6) is 0 Å². The van der Waals surface area contributed by atoms with Crippen molar-refractivity contribution in [2.45, 2.75) is 6.10 Å². The van der Waals surface area contributed by atoms with E-state index < -0.39 is 12.0 Å². The maximum absolute atomic E-state index is 12.6. The molecule has 9 nitrogen and oxygen atoms in total. The number of aliphatic imine (C=N–C) groups is 1. The third-order valence-corrected chi connectivity index (χ3v) is 5.34. The van der Waals surface area contributed by atoms with Crippen molar-refractivity contribution in [2.75, 3.05) is 26.0 Å². The van der Waals surface area contributed by atoms with E-state index in [9.17, 15) is 9.90 Å². The molecule has 0 spiro atoms. The van der Waals surface area contributed by atoms with E-state index in [1.54, 1.807) is 48.5 Å². The van der Waals surface area contributed by atoms with E-state index in [0.29, 0.717) is 34.9 Å². The van der Waals surface area contributed by atoms with E-state index in [-0.39, 0.29) is 5.84 Å². The average molecular weight is 470 g/mol. The normalized spacial score (nSPS) is 12.6. The highest BCUT2D eigenvalue weighted by atomic mass is 16.3. The van der Waals surface area contributed by atoms with Crippen LogP contribution in [0.15, 0.2) is 77.8 Å². The van der Waals surface area contributed by atoms with E-state index in [0.717, 1.165) is 16.5 Å². The SMILES string of the molecule is CN(C)C/C(N)=N/C(=N)c1ccc2[nH]nc(-c3cccc(NC(=O)[C@H](O)c4ccccc4)c3)c2c1. The summed E-state index contributed by atoms with van der Waals surface area (Å²) in [4.78, 5) is 18.7. The second-order valence-electron chi connectivity index (χ2n) is 8.41. The molecule has 3 aromatic carbocycles. The van der Waals surface area contributed by atoms with Gasteiger partial charge >= 0.3 is 0 Å². The zero-order valence-electron chi connectivity index (χ0n) is 19.5. The van der Waals surface area contributed by atoms with Crippen LogP contribution in [0.2, 0.25) is 0 Å². The topological polar surface area (TPSA) is 143 Å². The molecule has 6 N–H and O–H groups in total. The number of aromatic nitrogens is 2. The molecule has 9 heteroatoms. The number of nitrogens with two attached hydrogens (primary N) is 1. The molecule has 4 rings (SSSR count). The lowest BCUT2D eigenvalue weighted by Crippen LogP contribution is -2.29. The van der Waals surface area contributed by atoms with Crippen LogP contribution < -0.4 is 11.1 Å². The second-order valence-corrected chi connectivity index (χ2v) is 8.41. The molecule has 1 aromatic heterocycles. The highest BCUT2D eigenvalue weighted by molar-refractivity contribution is 6.07. The average Bonchev–Trinajstić information content (AvgIpc) is 3.27. The van der Waals surface area contributed by atoms with Gasteiger partial charge in [0.05, 0.1) is 17.8 Å². The van der Waals surface area contributed by atoms with Gasteiger partial charge in [-0.2, -0.15) is 5.10 Å². The van der Waals surface area contributed by atoms with Gasteiger partial charge in [-0.1, -0.05) is 42.5 Å². The Labute approximate surface area is 202 Å². The number of hydrogen-bond acceptors (Lipinski definition) is 5. The second kappa shape index (κ2) is 10.3. The Morgan fingerprint density at radius 3 is 2.66 bits per heavy atom. The van der Waals surface area contributed by atoms with E-state index in [1.807, 2.05) is 43.3 Å². The molecule has 0 radical (unpaired) electrons. The zero-order valence-corrected chi connectivity index (χ0v) is 19.5. The number of aliphatic hydroxyl groups excluding tert-OH is 1. The summed E-state index contributed by atoms with van der Waals surface area (Å²) in [6.45, 7) is 0.457. The first-order chi connectivity index (χ1) is 16.8. The lowest BCUT2D eigenvalue weighted by atomic mass is 10.0. The van der Waals surface area contributed by atoms with Crippen LogP contribution in [-0.2, 0) is 4.79 Å². The number of anilines is 1. The van der Waals surface area contributed by atoms with Gasteiger partial charge in [0.25, 0.3) is 5.91 Å². The van der Waals surface area contributed by atoms with Gasteiger partial charge in [0, 0.05) is 22.2 Å². The minimum absolute atomic E-state index is 0.0642. The van der Waals surface area contributed by atoms with Gasteiger partial charge < -0.3 is 21.1 Å². The number of benzene rings is 3. The number of likely N-dealkylation sites (N-methyl/N-ethyl adjacent to an activating group) is 1. The number of rotatable bonds is 7. The molecule has 1 heterocycles. The summed E-state index contributed by atoms with van der Waals surface area (Å²) in [5, 5.41) is 29.7. The van der Waals surface area contributed by atoms with E-state index in [2.05, 4.69) is 20.5 Å². The van der Waals surface area contributed by atoms with Crippen molar-refractivity contribution in [2.24, 2.45) is 10.7 Å². The largest absolute Gasteiger partial charge is 0.386 e. The number of amides is 1. The Morgan fingerprint density at radius 2 is 1.91 bits per heavy atom. The van der Waals surface area contributed by atoms with Crippen LogP contribution in [-0.4, -0.2) is 58.4 Å². The predicted octanol–water partition coefficient (Wildman–Crippen LogP) is 3.15. The van der Waals surface area contributed by atoms with Gasteiger partial charge in [-0.25, -0.2) is 4.99 Å². The number of fused-ring (bicyclic) bond motifs is 1. The number of carbonyl (C=O) groups is 1. The van der Waals surface area contributed by atoms with Gasteiger partial charge in [0.15, 0.2) is 11.9 Å². The van der Waals surface area contributed by atoms with Crippen LogP contribution >= 0.6 is 0 Å². The van der Waals surface area contributed by atoms with Gasteiger partial charge in [-0.3, -0.25) is 15.3 Å². The molecule has 178 valence electrons. The lowest BCUT2D eigenvalue weighted by molar-refractivity contribution is -0.124. The van der Waals surface area contributed by atoms with Gasteiger partial charge in [0.1, 0.15) is 5.84 Å². The number of aromatic amines is 1. The fourth-order valence-corrected chi connectivity index (χ4v) is 3.69. The Hall–Kier alpha value is -4.34. The van der Waals surface area contributed by atoms with Crippen LogP contribution in [0.3, 0.4) is 0 Å². The van der Waals surface area contributed by atoms with Crippen molar-refractivity contribution in [3.8, 4) is 11.3 Å². The van der Waals surface area contributed by atoms with Crippen molar-refractivity contribution in [3.63, 3.8) is 0 Å². The van der Waals surface area contributed by atoms with Gasteiger partial charge in [-0.05, 0) is 50.0 Å². The Bertz CT molecular complexity index is 1390. The molecule has 0 saturated carbocycles. The highest BCUT2D eigenvalue weighted by Gasteiger charge is 2.18. The van der Waals surface area contributed by atoms with Crippen LogP contribution in [0.25, 0.3) is 22.2 Å². The van der Waals surface area contributed by atoms with Crippen LogP contribution in [0, 0.1) is 5.41 Å². The quantitative estimate of drug-likeness (QED) is 0.209. The molecule has 35 heavy (non-hydrogen) atoms. The molecule has 0 aliphatic heterocycles. The fourth-order valence-electron chi connectivity index (χ4n) is 3.69. The maximum Gasteiger partial charge on any atom is 0.257 e. The Balaban J connectivity index is 1.59. The number of nitrogens with zero attached hydrogens (tertiary/aromatic N) is 3. The standard InChI is InChI=1S/C26H27N7O2/c1-33(2)15-22(27)30-25(28)18-11-12-21-20(14-18)23(32-31-21)17-9-6-10-19(13-17)29-26(35)24(34)16-7-4-3-5-8-16/h3-14,24,34H,15H2,1-2H3,(H,29,35)(H,31,32)(H3,27,28,30)/t24-/m1/s1. The van der Waals surface area contributed by atoms with Crippen molar-refractivity contribution in [1.29, 1.82) is 5.41 Å². The number of amidine groups is 2. The van der Waals surface area contributed by atoms with Crippen LogP contribution in [0.4, 0.5) is 5.69 Å². The summed E-state index contributed by atoms with van der Waals surface area (Å²) in [5.74, 6) is -0.105. The summed E-state index contributed by atoms with van der Waals surface area (Å²) in [6.07, 6.45) is -1.28. The first kappa shape index (κ1) is 23.8. The zero-order chi connectivity index (χ0) is 24.9. The first-order valence-corrected chi connectivity index (χ1v) is 11.0. The minimum atomic E-state index is -1.28. The molecule has 0 unspecified atom stereocenters. The third-order valence-electron chi connectivity index (χ3n) is 5.34. The van der Waals surface area contributed by atoms with Crippen molar-refractivity contribution < 1.29 is 9.90 Å². The molecular weight excluding hydrogens is 442 g/mol. The number of H-pyrrole nitrogens is 1. The van der Waals surface area contributed by atoms with Crippen LogP contribution in [0.1, 0.15) is 17.2 Å². The van der Waals surface area contributed by atoms with Gasteiger partial charge in [0.2, 0.25) is 0 Å². The minimum Gasteiger partial charge on any atom is -0.386 e. The molecule has 1 atom stereocenters. The molecule has 0 aliphatic rings. The molecule has 4 aromatic rings. The molecular formula is C26H27N7O2. The Kier molecular flexibility index (Phi) is 7.00. The monoisotopic (exact) mass is 469 g/mol. The number of carbonyl (C=O) groups excluding carboxylic acids is 1. The maximum atomic E-state index is 12.6. The smallest absolute Gasteiger partial charge is 0.257 e. The van der Waals surface area contributed by atoms with Crippen molar-refractivity contribution in [3.05, 3.63) is 83.9 Å². The molecule has 0 fully saturated rings. The van der Waals surface area contributed by atoms with E-state index in [1.165, 1.54) is 0 Å². The van der Waals surface area contributed by atoms with Gasteiger partial charge in [-0.15, -0.1) is 0 Å². The molecule has 0 aliphatic carbocycles. The summed E-state index contributed by atoms with van der Waals surface area (Å²) in [7, 11) is 3.77. The van der Waals surface area contributed by atoms with E-state index in [4.69, 9.17) is 11.1 Å². The summed E-state index contributed by atoms with van der Waals surface area (Å²) >= 11 is 0. The predicted molar refractivity (Wildman–Crippen MR) is 139 cm³/mol. The first-order valence-electron chi connectivity index (χ1n) is 11.0. The molecule has 1 amide bonds. The highest BCUT2D eigenvalue weighted by Crippen LogP contribution is 2.29. The molecule has 0 bridgehead atoms. The summed E-state index contributed by atoms with van der Waals surface area (Å²) in [5.41, 5.74) is 9.83.